The average Bonchev–Trinajstić information content (AvgIpc) is 3.28. The lowest BCUT2D eigenvalue weighted by Gasteiger charge is -2.13. The lowest BCUT2D eigenvalue weighted by Crippen LogP contribution is -2.22. The number of ether oxygens (including phenoxy) is 2. The second-order valence-electron chi connectivity index (χ2n) is 6.61. The van der Waals surface area contributed by atoms with Crippen molar-refractivity contribution in [3.05, 3.63) is 78.6 Å². The van der Waals surface area contributed by atoms with Crippen molar-refractivity contribution in [2.75, 3.05) is 14.2 Å². The molecule has 0 spiro atoms. The second-order valence-corrected chi connectivity index (χ2v) is 8.43. The fourth-order valence-corrected chi connectivity index (χ4v) is 4.27. The van der Waals surface area contributed by atoms with Crippen molar-refractivity contribution in [3.63, 3.8) is 0 Å². The van der Waals surface area contributed by atoms with Crippen molar-refractivity contribution in [3.8, 4) is 17.1 Å². The summed E-state index contributed by atoms with van der Waals surface area (Å²) in [6.07, 6.45) is 1.48. The van der Waals surface area contributed by atoms with Gasteiger partial charge in [0.2, 0.25) is 0 Å². The number of carbonyl (C=O) groups is 2. The molecule has 1 heterocycles. The Balaban J connectivity index is 2.10. The van der Waals surface area contributed by atoms with Crippen LogP contribution in [0.25, 0.3) is 11.4 Å². The van der Waals surface area contributed by atoms with Gasteiger partial charge in [0.25, 0.3) is 10.0 Å². The molecule has 2 aromatic carbocycles. The molecule has 11 heteroatoms. The van der Waals surface area contributed by atoms with Crippen molar-refractivity contribution in [1.29, 1.82) is 0 Å². The first-order valence-electron chi connectivity index (χ1n) is 9.59. The summed E-state index contributed by atoms with van der Waals surface area (Å²) >= 11 is 0. The summed E-state index contributed by atoms with van der Waals surface area (Å²) < 4.78 is 38.3. The van der Waals surface area contributed by atoms with Crippen LogP contribution < -0.4 is 10.1 Å². The van der Waals surface area contributed by atoms with E-state index in [1.54, 1.807) is 42.5 Å². The Morgan fingerprint density at radius 3 is 2.48 bits per heavy atom. The van der Waals surface area contributed by atoms with Gasteiger partial charge in [0, 0.05) is 30.0 Å². The fourth-order valence-electron chi connectivity index (χ4n) is 2.91. The van der Waals surface area contributed by atoms with Crippen LogP contribution in [0.3, 0.4) is 0 Å². The van der Waals surface area contributed by atoms with Gasteiger partial charge in [0.05, 0.1) is 12.0 Å². The van der Waals surface area contributed by atoms with Gasteiger partial charge in [-0.15, -0.1) is 0 Å². The Morgan fingerprint density at radius 1 is 1.12 bits per heavy atom. The summed E-state index contributed by atoms with van der Waals surface area (Å²) in [6, 6.07) is 14.6. The van der Waals surface area contributed by atoms with Gasteiger partial charge in [-0.25, -0.2) is 27.0 Å². The van der Waals surface area contributed by atoms with Gasteiger partial charge in [-0.05, 0) is 19.2 Å². The highest BCUT2D eigenvalue weighted by Gasteiger charge is 2.27. The van der Waals surface area contributed by atoms with Gasteiger partial charge in [0.1, 0.15) is 11.4 Å². The maximum Gasteiger partial charge on any atom is 0.332 e. The Bertz CT molecular complexity index is 1280. The Morgan fingerprint density at radius 2 is 1.85 bits per heavy atom. The number of carboxylic acids is 1. The first-order chi connectivity index (χ1) is 15.8. The highest BCUT2D eigenvalue weighted by Crippen LogP contribution is 2.28. The number of hydrogen-bond donors (Lipinski definition) is 2. The molecule has 1 atom stereocenters. The number of hydrogen-bond acceptors (Lipinski definition) is 8. The smallest absolute Gasteiger partial charge is 0.332 e. The number of nitrogens with one attached hydrogen (secondary N) is 1. The molecule has 0 fully saturated rings. The zero-order valence-corrected chi connectivity index (χ0v) is 18.5. The first-order valence-corrected chi connectivity index (χ1v) is 11.0. The van der Waals surface area contributed by atoms with E-state index in [-0.39, 0.29) is 16.4 Å². The maximum atomic E-state index is 13.5. The van der Waals surface area contributed by atoms with Crippen LogP contribution in [0.4, 0.5) is 0 Å². The van der Waals surface area contributed by atoms with Crippen LogP contribution in [0.15, 0.2) is 77.8 Å². The summed E-state index contributed by atoms with van der Waals surface area (Å²) in [4.78, 5) is 27.0. The number of nitrogens with zero attached hydrogens (tertiary/aromatic N) is 2. The molecule has 0 amide bonds. The van der Waals surface area contributed by atoms with E-state index in [9.17, 15) is 18.0 Å². The molecule has 172 valence electrons. The van der Waals surface area contributed by atoms with Crippen LogP contribution in [0.1, 0.15) is 11.9 Å². The molecule has 3 rings (SSSR count). The Hall–Kier alpha value is -3.96. The molecule has 0 aliphatic heterocycles. The SMILES string of the molecule is CNC(OC(=O)/C=C/C(=O)O)c1cn(S(=O)(=O)c2cccc(OC)c2)c(-c2ccccc2)n1. The number of imidazole rings is 1. The summed E-state index contributed by atoms with van der Waals surface area (Å²) in [7, 11) is -1.19. The number of methoxy groups -OCH3 is 1. The summed E-state index contributed by atoms with van der Waals surface area (Å²) in [5.41, 5.74) is 0.613. The minimum absolute atomic E-state index is 0.0228. The number of aliphatic carboxylic acids is 1. The van der Waals surface area contributed by atoms with Gasteiger partial charge in [-0.3, -0.25) is 5.32 Å². The minimum atomic E-state index is -4.11. The highest BCUT2D eigenvalue weighted by molar-refractivity contribution is 7.90. The van der Waals surface area contributed by atoms with Crippen LogP contribution in [0.5, 0.6) is 5.75 Å². The molecule has 33 heavy (non-hydrogen) atoms. The third-order valence-corrected chi connectivity index (χ3v) is 6.10. The molecular weight excluding hydrogens is 450 g/mol. The van der Waals surface area contributed by atoms with Gasteiger partial charge in [-0.2, -0.15) is 0 Å². The van der Waals surface area contributed by atoms with E-state index in [0.29, 0.717) is 17.4 Å². The highest BCUT2D eigenvalue weighted by atomic mass is 32.2. The van der Waals surface area contributed by atoms with Crippen molar-refractivity contribution in [2.45, 2.75) is 11.1 Å². The van der Waals surface area contributed by atoms with Crippen molar-refractivity contribution in [2.24, 2.45) is 0 Å². The average molecular weight is 471 g/mol. The van der Waals surface area contributed by atoms with Crippen LogP contribution in [-0.4, -0.2) is 48.6 Å². The van der Waals surface area contributed by atoms with Gasteiger partial charge < -0.3 is 14.6 Å². The van der Waals surface area contributed by atoms with Crippen molar-refractivity contribution < 1.29 is 32.6 Å². The molecule has 1 unspecified atom stereocenters. The molecule has 0 aliphatic rings. The predicted octanol–water partition coefficient (Wildman–Crippen LogP) is 2.20. The minimum Gasteiger partial charge on any atom is -0.497 e. The van der Waals surface area contributed by atoms with E-state index < -0.39 is 28.2 Å². The van der Waals surface area contributed by atoms with E-state index in [4.69, 9.17) is 14.6 Å². The van der Waals surface area contributed by atoms with Crippen molar-refractivity contribution in [1.82, 2.24) is 14.3 Å². The van der Waals surface area contributed by atoms with Crippen LogP contribution in [-0.2, 0) is 24.3 Å². The lowest BCUT2D eigenvalue weighted by atomic mass is 10.2. The zero-order chi connectivity index (χ0) is 24.0. The Labute approximate surface area is 190 Å². The third-order valence-electron chi connectivity index (χ3n) is 4.45. The number of carboxylic acid groups (broad SMARTS) is 1. The van der Waals surface area contributed by atoms with Crippen LogP contribution in [0, 0.1) is 0 Å². The van der Waals surface area contributed by atoms with Crippen molar-refractivity contribution >= 4 is 22.0 Å². The van der Waals surface area contributed by atoms with E-state index in [2.05, 4.69) is 10.3 Å². The molecule has 2 N–H and O–H groups in total. The molecule has 10 nitrogen and oxygen atoms in total. The Kier molecular flexibility index (Phi) is 7.26. The number of aromatic nitrogens is 2. The standard InChI is InChI=1S/C22H21N3O7S/c1-23-22(32-20(28)12-11-19(26)27)18-14-25(21(24-18)15-7-4-3-5-8-15)33(29,30)17-10-6-9-16(13-17)31-2/h3-14,22-23H,1-2H3,(H,26,27)/b12-11+. The third kappa shape index (κ3) is 5.45. The number of esters is 1. The topological polar surface area (TPSA) is 137 Å². The van der Waals surface area contributed by atoms with Gasteiger partial charge in [-0.1, -0.05) is 36.4 Å². The van der Waals surface area contributed by atoms with Gasteiger partial charge >= 0.3 is 11.9 Å². The number of carbonyl (C=O) groups excluding carboxylic acids is 1. The molecule has 0 aliphatic carbocycles. The molecule has 1 aromatic heterocycles. The monoisotopic (exact) mass is 471 g/mol. The number of rotatable bonds is 9. The lowest BCUT2D eigenvalue weighted by molar-refractivity contribution is -0.145. The summed E-state index contributed by atoms with van der Waals surface area (Å²) in [6.45, 7) is 0. The quantitative estimate of drug-likeness (QED) is 0.273. The number of benzene rings is 2. The normalized spacial score (nSPS) is 12.4. The van der Waals surface area contributed by atoms with Crippen LogP contribution in [0.2, 0.25) is 0 Å². The molecular formula is C22H21N3O7S. The summed E-state index contributed by atoms with van der Waals surface area (Å²) in [5.74, 6) is -1.79. The second kappa shape index (κ2) is 10.1. The molecule has 0 bridgehead atoms. The van der Waals surface area contributed by atoms with Crippen LogP contribution >= 0.6 is 0 Å². The molecule has 0 saturated carbocycles. The van der Waals surface area contributed by atoms with E-state index in [1.165, 1.54) is 32.5 Å². The molecule has 0 radical (unpaired) electrons. The maximum absolute atomic E-state index is 13.5. The van der Waals surface area contributed by atoms with E-state index >= 15 is 0 Å². The van der Waals surface area contributed by atoms with E-state index in [1.807, 2.05) is 0 Å². The summed E-state index contributed by atoms with van der Waals surface area (Å²) in [5, 5.41) is 11.4. The van der Waals surface area contributed by atoms with Gasteiger partial charge in [0.15, 0.2) is 12.1 Å². The predicted molar refractivity (Wildman–Crippen MR) is 118 cm³/mol. The molecule has 3 aromatic rings. The van der Waals surface area contributed by atoms with E-state index in [0.717, 1.165) is 10.0 Å². The molecule has 0 saturated heterocycles. The zero-order valence-electron chi connectivity index (χ0n) is 17.7. The first kappa shape index (κ1) is 23.7. The largest absolute Gasteiger partial charge is 0.497 e. The fraction of sp³-hybridized carbons (Fsp3) is 0.136.